The smallest absolute Gasteiger partial charge is 0.0782 e. The molecule has 0 aliphatic rings. The van der Waals surface area contributed by atoms with E-state index in [-0.39, 0.29) is 29.3 Å². The third-order valence-electron chi connectivity index (χ3n) is 6.81. The average Bonchev–Trinajstić information content (AvgIpc) is 3.66. The topological polar surface area (TPSA) is 9.86 Å². The van der Waals surface area contributed by atoms with E-state index in [2.05, 4.69) is 0 Å². The molecule has 0 radical (unpaired) electrons. The molecule has 0 N–H and O–H groups in total. The summed E-state index contributed by atoms with van der Waals surface area (Å²) < 4.78 is 116. The summed E-state index contributed by atoms with van der Waals surface area (Å²) in [7, 11) is 0. The van der Waals surface area contributed by atoms with E-state index < -0.39 is 71.6 Å². The van der Waals surface area contributed by atoms with Crippen molar-refractivity contribution < 1.29 is 17.8 Å². The third-order valence-corrected chi connectivity index (χ3v) is 6.81. The third kappa shape index (κ3) is 3.01. The highest BCUT2D eigenvalue weighted by molar-refractivity contribution is 6.15. The molecule has 0 amide bonds. The van der Waals surface area contributed by atoms with Crippen molar-refractivity contribution >= 4 is 43.6 Å². The Hall–Kier alpha value is -5.08. The zero-order valence-corrected chi connectivity index (χ0v) is 19.7. The van der Waals surface area contributed by atoms with E-state index in [0.717, 1.165) is 0 Å². The fourth-order valence-corrected chi connectivity index (χ4v) is 5.28. The van der Waals surface area contributed by atoms with Crippen molar-refractivity contribution in [2.75, 3.05) is 0 Å². The van der Waals surface area contributed by atoms with E-state index in [1.54, 1.807) is 57.7 Å². The lowest BCUT2D eigenvalue weighted by molar-refractivity contribution is 1.13. The SMILES string of the molecule is [2H]c1c([2H])c([2H])c(-c2c([2H])c([2H])c([2H])c(-n3c4ccccc4c4cccc(-n5c6ccccc6c6c([2H])c([2H])c([2H])c([2H])c65)c43)c2[2H])c([2H])c1[2H]. The molecule has 2 heteroatoms. The van der Waals surface area contributed by atoms with E-state index in [0.29, 0.717) is 43.8 Å². The molecular formula is C36H24N2. The zero-order chi connectivity index (χ0) is 36.4. The lowest BCUT2D eigenvalue weighted by Gasteiger charge is -2.15. The molecule has 38 heavy (non-hydrogen) atoms. The maximum absolute atomic E-state index is 9.51. The van der Waals surface area contributed by atoms with Gasteiger partial charge in [0.15, 0.2) is 0 Å². The molecule has 0 spiro atoms. The molecule has 0 aliphatic carbocycles. The Morgan fingerprint density at radius 3 is 1.95 bits per heavy atom. The molecule has 0 aliphatic heterocycles. The van der Waals surface area contributed by atoms with Gasteiger partial charge in [0.05, 0.1) is 45.6 Å². The Morgan fingerprint density at radius 1 is 0.447 bits per heavy atom. The molecule has 0 unspecified atom stereocenters. The number of rotatable bonds is 3. The van der Waals surface area contributed by atoms with Gasteiger partial charge in [-0.1, -0.05) is 109 Å². The first-order chi connectivity index (χ1) is 24.3. The Labute approximate surface area is 238 Å². The minimum Gasteiger partial charge on any atom is -0.307 e. The Kier molecular flexibility index (Phi) is 2.59. The van der Waals surface area contributed by atoms with Gasteiger partial charge < -0.3 is 9.13 Å². The first kappa shape index (κ1) is 12.0. The van der Waals surface area contributed by atoms with Crippen LogP contribution in [0.1, 0.15) is 17.8 Å². The summed E-state index contributed by atoms with van der Waals surface area (Å²) in [5.41, 5.74) is 1.16. The van der Waals surface area contributed by atoms with Crippen LogP contribution in [0.4, 0.5) is 0 Å². The van der Waals surface area contributed by atoms with Crippen LogP contribution in [-0.2, 0) is 0 Å². The highest BCUT2D eigenvalue weighted by Gasteiger charge is 2.19. The summed E-state index contributed by atoms with van der Waals surface area (Å²) in [6.45, 7) is 0. The molecule has 2 nitrogen and oxygen atoms in total. The van der Waals surface area contributed by atoms with Crippen molar-refractivity contribution in [3.8, 4) is 22.5 Å². The van der Waals surface area contributed by atoms with E-state index in [1.807, 2.05) is 18.2 Å². The normalized spacial score (nSPS) is 16.5. The van der Waals surface area contributed by atoms with Crippen LogP contribution in [0.5, 0.6) is 0 Å². The molecule has 0 atom stereocenters. The van der Waals surface area contributed by atoms with E-state index in [1.165, 1.54) is 0 Å². The number of fused-ring (bicyclic) bond motifs is 6. The van der Waals surface area contributed by atoms with Crippen LogP contribution in [0, 0.1) is 0 Å². The molecule has 2 aromatic heterocycles. The maximum Gasteiger partial charge on any atom is 0.0782 e. The Bertz CT molecular complexity index is 2820. The maximum atomic E-state index is 9.51. The summed E-state index contributed by atoms with van der Waals surface area (Å²) in [5.74, 6) is 0. The Balaban J connectivity index is 1.61. The molecule has 0 saturated heterocycles. The van der Waals surface area contributed by atoms with Gasteiger partial charge in [0, 0.05) is 27.2 Å². The molecule has 0 fully saturated rings. The lowest BCUT2D eigenvalue weighted by atomic mass is 10.1. The quantitative estimate of drug-likeness (QED) is 0.230. The van der Waals surface area contributed by atoms with Crippen LogP contribution in [0.2, 0.25) is 0 Å². The predicted octanol–water partition coefficient (Wildman–Crippen LogP) is 9.55. The molecule has 8 aromatic rings. The van der Waals surface area contributed by atoms with Crippen molar-refractivity contribution in [3.63, 3.8) is 0 Å². The molecule has 0 bridgehead atoms. The Morgan fingerprint density at radius 2 is 1.11 bits per heavy atom. The van der Waals surface area contributed by atoms with Crippen LogP contribution in [0.25, 0.3) is 66.1 Å². The zero-order valence-electron chi connectivity index (χ0n) is 32.7. The fraction of sp³-hybridized carbons (Fsp3) is 0. The van der Waals surface area contributed by atoms with Crippen LogP contribution < -0.4 is 0 Å². The van der Waals surface area contributed by atoms with Crippen LogP contribution >= 0.6 is 0 Å². The molecule has 2 heterocycles. The van der Waals surface area contributed by atoms with Crippen molar-refractivity contribution in [1.82, 2.24) is 9.13 Å². The summed E-state index contributed by atoms with van der Waals surface area (Å²) in [6.07, 6.45) is 0. The summed E-state index contributed by atoms with van der Waals surface area (Å²) in [6, 6.07) is 13.0. The molecule has 8 rings (SSSR count). The fourth-order valence-electron chi connectivity index (χ4n) is 5.28. The number of hydrogen-bond acceptors (Lipinski definition) is 0. The summed E-state index contributed by atoms with van der Waals surface area (Å²) in [4.78, 5) is 0. The van der Waals surface area contributed by atoms with Gasteiger partial charge in [-0.2, -0.15) is 0 Å². The first-order valence-electron chi connectivity index (χ1n) is 18.5. The van der Waals surface area contributed by atoms with Gasteiger partial charge in [-0.15, -0.1) is 0 Å². The largest absolute Gasteiger partial charge is 0.307 e. The standard InChI is InChI=1S/C36H24N2/c1-2-12-25(13-3-1)26-14-10-15-27(24-26)37-32-20-7-6-18-30(32)31-19-11-23-35(36(31)37)38-33-21-8-4-16-28(33)29-17-5-9-22-34(29)38/h1-24H/i1D,2D,3D,4D,8D,10D,12D,13D,14D,15D,16D,21D,24D. The van der Waals surface area contributed by atoms with E-state index >= 15 is 0 Å². The molecular weight excluding hydrogens is 460 g/mol. The highest BCUT2D eigenvalue weighted by Crippen LogP contribution is 2.39. The van der Waals surface area contributed by atoms with Gasteiger partial charge in [-0.3, -0.25) is 0 Å². The van der Waals surface area contributed by atoms with Gasteiger partial charge in [0.25, 0.3) is 0 Å². The lowest BCUT2D eigenvalue weighted by Crippen LogP contribution is -2.00. The first-order valence-corrected chi connectivity index (χ1v) is 12.0. The number of hydrogen-bond donors (Lipinski definition) is 0. The highest BCUT2D eigenvalue weighted by atomic mass is 15.1. The van der Waals surface area contributed by atoms with Gasteiger partial charge in [-0.05, 0) is 47.5 Å². The van der Waals surface area contributed by atoms with Crippen LogP contribution in [0.15, 0.2) is 145 Å². The van der Waals surface area contributed by atoms with Crippen molar-refractivity contribution in [2.24, 2.45) is 0 Å². The van der Waals surface area contributed by atoms with Crippen molar-refractivity contribution in [3.05, 3.63) is 145 Å². The second-order valence-corrected chi connectivity index (χ2v) is 8.83. The monoisotopic (exact) mass is 497 g/mol. The summed E-state index contributed by atoms with van der Waals surface area (Å²) in [5, 5.41) is 2.24. The second kappa shape index (κ2) is 8.22. The van der Waals surface area contributed by atoms with E-state index in [4.69, 9.17) is 16.4 Å². The molecule has 178 valence electrons. The minimum atomic E-state index is -0.664. The van der Waals surface area contributed by atoms with E-state index in [9.17, 15) is 1.37 Å². The van der Waals surface area contributed by atoms with Gasteiger partial charge >= 0.3 is 0 Å². The summed E-state index contributed by atoms with van der Waals surface area (Å²) >= 11 is 0. The van der Waals surface area contributed by atoms with Gasteiger partial charge in [-0.25, -0.2) is 0 Å². The average molecular weight is 498 g/mol. The van der Waals surface area contributed by atoms with Crippen molar-refractivity contribution in [1.29, 1.82) is 0 Å². The molecule has 6 aromatic carbocycles. The number of aromatic nitrogens is 2. The van der Waals surface area contributed by atoms with Crippen LogP contribution in [-0.4, -0.2) is 9.13 Å². The number of para-hydroxylation sites is 4. The second-order valence-electron chi connectivity index (χ2n) is 8.83. The number of benzene rings is 6. The van der Waals surface area contributed by atoms with Crippen LogP contribution in [0.3, 0.4) is 0 Å². The molecule has 0 saturated carbocycles. The van der Waals surface area contributed by atoms with Gasteiger partial charge in [0.1, 0.15) is 0 Å². The van der Waals surface area contributed by atoms with Crippen molar-refractivity contribution in [2.45, 2.75) is 0 Å². The predicted molar refractivity (Wildman–Crippen MR) is 161 cm³/mol. The minimum absolute atomic E-state index is 0.167. The number of nitrogens with zero attached hydrogens (tertiary/aromatic N) is 2. The van der Waals surface area contributed by atoms with Gasteiger partial charge in [0.2, 0.25) is 0 Å².